The van der Waals surface area contributed by atoms with E-state index >= 15 is 0 Å². The predicted molar refractivity (Wildman–Crippen MR) is 87.6 cm³/mol. The average Bonchev–Trinajstić information content (AvgIpc) is 2.85. The number of thiazole rings is 1. The molecular weight excluding hydrogens is 334 g/mol. The van der Waals surface area contributed by atoms with Gasteiger partial charge in [-0.15, -0.1) is 0 Å². The monoisotopic (exact) mass is 345 g/mol. The third-order valence-electron chi connectivity index (χ3n) is 4.19. The number of thioether (sulfide) groups is 1. The van der Waals surface area contributed by atoms with Gasteiger partial charge < -0.3 is 10.1 Å². The van der Waals surface area contributed by atoms with Crippen molar-refractivity contribution in [2.24, 2.45) is 0 Å². The number of aromatic hydroxyl groups is 1. The molecule has 0 radical (unpaired) electrons. The lowest BCUT2D eigenvalue weighted by Crippen LogP contribution is -2.34. The number of H-pyrrole nitrogens is 1. The molecule has 7 heteroatoms. The third-order valence-corrected chi connectivity index (χ3v) is 6.63. The SMILES string of the molecule is CC1(C)C2=C(Sc3[nH]c(=O)sc31)C(=O)c1cccc(O)c1C2=O. The molecule has 1 aromatic carbocycles. The van der Waals surface area contributed by atoms with Gasteiger partial charge in [-0.3, -0.25) is 14.4 Å². The van der Waals surface area contributed by atoms with Crippen LogP contribution >= 0.6 is 23.1 Å². The first-order valence-electron chi connectivity index (χ1n) is 6.90. The molecule has 2 heterocycles. The number of hydrogen-bond acceptors (Lipinski definition) is 6. The topological polar surface area (TPSA) is 87.2 Å². The lowest BCUT2D eigenvalue weighted by Gasteiger charge is -2.35. The molecule has 2 aliphatic rings. The van der Waals surface area contributed by atoms with Crippen molar-refractivity contribution in [2.45, 2.75) is 24.3 Å². The van der Waals surface area contributed by atoms with Gasteiger partial charge in [0, 0.05) is 16.6 Å². The minimum Gasteiger partial charge on any atom is -0.507 e. The Labute approximate surface area is 139 Å². The first kappa shape index (κ1) is 14.5. The highest BCUT2D eigenvalue weighted by molar-refractivity contribution is 8.04. The Morgan fingerprint density at radius 1 is 1.13 bits per heavy atom. The second-order valence-electron chi connectivity index (χ2n) is 5.96. The maximum absolute atomic E-state index is 13.0. The predicted octanol–water partition coefficient (Wildman–Crippen LogP) is 2.86. The molecule has 0 saturated carbocycles. The van der Waals surface area contributed by atoms with E-state index in [4.69, 9.17) is 0 Å². The standard InChI is InChI=1S/C16H11NO4S2/c1-16(2)9-11(20)8-6(4-3-5-7(8)18)10(19)12(9)22-14-13(16)23-15(21)17-14/h3-5,18H,1-2H3,(H,17,21). The van der Waals surface area contributed by atoms with Crippen molar-refractivity contribution in [3.8, 4) is 5.75 Å². The summed E-state index contributed by atoms with van der Waals surface area (Å²) in [6.07, 6.45) is 0. The molecule has 0 bridgehead atoms. The molecular formula is C16H11NO4S2. The quantitative estimate of drug-likeness (QED) is 0.767. The number of aromatic amines is 1. The zero-order valence-corrected chi connectivity index (χ0v) is 13.9. The summed E-state index contributed by atoms with van der Waals surface area (Å²) in [5.41, 5.74) is -0.162. The molecule has 1 aromatic heterocycles. The highest BCUT2D eigenvalue weighted by Gasteiger charge is 2.47. The molecule has 0 fully saturated rings. The Bertz CT molecular complexity index is 994. The summed E-state index contributed by atoms with van der Waals surface area (Å²) < 4.78 is 0. The van der Waals surface area contributed by atoms with Crippen LogP contribution < -0.4 is 4.87 Å². The number of allylic oxidation sites excluding steroid dienone is 2. The number of carbonyl (C=O) groups is 2. The van der Waals surface area contributed by atoms with Gasteiger partial charge in [-0.2, -0.15) is 0 Å². The lowest BCUT2D eigenvalue weighted by atomic mass is 9.74. The number of phenolic OH excluding ortho intramolecular Hbond substituents is 1. The van der Waals surface area contributed by atoms with Crippen LogP contribution in [0.1, 0.15) is 39.4 Å². The molecule has 1 aliphatic carbocycles. The maximum Gasteiger partial charge on any atom is 0.305 e. The molecule has 0 atom stereocenters. The molecule has 4 rings (SSSR count). The first-order valence-corrected chi connectivity index (χ1v) is 8.53. The molecule has 2 aromatic rings. The number of hydrogen-bond donors (Lipinski definition) is 2. The number of ketones is 2. The van der Waals surface area contributed by atoms with Crippen molar-refractivity contribution >= 4 is 34.7 Å². The highest BCUT2D eigenvalue weighted by atomic mass is 32.2. The second-order valence-corrected chi connectivity index (χ2v) is 7.97. The normalized spacial score (nSPS) is 18.5. The molecule has 5 nitrogen and oxygen atoms in total. The number of nitrogens with one attached hydrogen (secondary N) is 1. The molecule has 0 amide bonds. The second kappa shape index (κ2) is 4.46. The van der Waals surface area contributed by atoms with Crippen LogP contribution in [0.5, 0.6) is 5.75 Å². The van der Waals surface area contributed by atoms with Gasteiger partial charge in [-0.05, 0) is 12.1 Å². The number of benzene rings is 1. The molecule has 116 valence electrons. The van der Waals surface area contributed by atoms with Crippen LogP contribution in [0.3, 0.4) is 0 Å². The summed E-state index contributed by atoms with van der Waals surface area (Å²) in [7, 11) is 0. The smallest absolute Gasteiger partial charge is 0.305 e. The average molecular weight is 345 g/mol. The minimum atomic E-state index is -0.771. The van der Waals surface area contributed by atoms with Crippen molar-refractivity contribution in [3.05, 3.63) is 54.3 Å². The van der Waals surface area contributed by atoms with Crippen LogP contribution in [0, 0.1) is 0 Å². The van der Waals surface area contributed by atoms with Crippen molar-refractivity contribution in [1.82, 2.24) is 4.98 Å². The Hall–Kier alpha value is -2.12. The summed E-state index contributed by atoms with van der Waals surface area (Å²) in [6.45, 7) is 3.64. The van der Waals surface area contributed by atoms with Crippen molar-refractivity contribution < 1.29 is 14.7 Å². The van der Waals surface area contributed by atoms with Gasteiger partial charge in [0.1, 0.15) is 5.75 Å². The van der Waals surface area contributed by atoms with Crippen molar-refractivity contribution in [3.63, 3.8) is 0 Å². The van der Waals surface area contributed by atoms with Crippen LogP contribution in [0.4, 0.5) is 0 Å². The molecule has 2 N–H and O–H groups in total. The number of carbonyl (C=O) groups excluding carboxylic acids is 2. The summed E-state index contributed by atoms with van der Waals surface area (Å²) >= 11 is 2.18. The van der Waals surface area contributed by atoms with E-state index in [1.807, 2.05) is 13.8 Å². The van der Waals surface area contributed by atoms with E-state index < -0.39 is 5.41 Å². The van der Waals surface area contributed by atoms with Gasteiger partial charge in [0.2, 0.25) is 5.78 Å². The fourth-order valence-electron chi connectivity index (χ4n) is 3.11. The van der Waals surface area contributed by atoms with Gasteiger partial charge in [-0.25, -0.2) is 0 Å². The van der Waals surface area contributed by atoms with Crippen LogP contribution in [0.15, 0.2) is 38.5 Å². The van der Waals surface area contributed by atoms with Gasteiger partial charge >= 0.3 is 4.87 Å². The maximum atomic E-state index is 13.0. The van der Waals surface area contributed by atoms with Crippen LogP contribution in [-0.4, -0.2) is 21.7 Å². The highest BCUT2D eigenvalue weighted by Crippen LogP contribution is 2.52. The minimum absolute atomic E-state index is 0.0521. The molecule has 1 aliphatic heterocycles. The first-order chi connectivity index (χ1) is 10.8. The zero-order chi connectivity index (χ0) is 16.5. The number of phenols is 1. The van der Waals surface area contributed by atoms with E-state index in [1.54, 1.807) is 12.1 Å². The van der Waals surface area contributed by atoms with E-state index in [0.717, 1.165) is 28.0 Å². The van der Waals surface area contributed by atoms with E-state index in [-0.39, 0.29) is 33.3 Å². The summed E-state index contributed by atoms with van der Waals surface area (Å²) in [4.78, 5) is 41.1. The van der Waals surface area contributed by atoms with E-state index in [2.05, 4.69) is 4.98 Å². The number of fused-ring (bicyclic) bond motifs is 2. The van der Waals surface area contributed by atoms with Crippen LogP contribution in [0.2, 0.25) is 0 Å². The largest absolute Gasteiger partial charge is 0.507 e. The Kier molecular flexibility index (Phi) is 2.80. The van der Waals surface area contributed by atoms with Gasteiger partial charge in [0.25, 0.3) is 0 Å². The van der Waals surface area contributed by atoms with E-state index in [9.17, 15) is 19.5 Å². The molecule has 0 unspecified atom stereocenters. The number of rotatable bonds is 0. The summed E-state index contributed by atoms with van der Waals surface area (Å²) in [5.74, 6) is -0.834. The van der Waals surface area contributed by atoms with Crippen LogP contribution in [-0.2, 0) is 5.41 Å². The van der Waals surface area contributed by atoms with Gasteiger partial charge in [-0.1, -0.05) is 43.0 Å². The van der Waals surface area contributed by atoms with E-state index in [0.29, 0.717) is 15.5 Å². The van der Waals surface area contributed by atoms with Gasteiger partial charge in [0.05, 0.1) is 20.4 Å². The fourth-order valence-corrected chi connectivity index (χ4v) is 5.61. The summed E-state index contributed by atoms with van der Waals surface area (Å²) in [5, 5.41) is 10.7. The fraction of sp³-hybridized carbons (Fsp3) is 0.188. The number of Topliss-reactive ketones (excluding diaryl/α,β-unsaturated/α-hetero) is 2. The Morgan fingerprint density at radius 3 is 2.61 bits per heavy atom. The zero-order valence-electron chi connectivity index (χ0n) is 12.2. The van der Waals surface area contributed by atoms with Crippen molar-refractivity contribution in [1.29, 1.82) is 0 Å². The van der Waals surface area contributed by atoms with E-state index in [1.165, 1.54) is 6.07 Å². The molecule has 0 saturated heterocycles. The Morgan fingerprint density at radius 2 is 1.87 bits per heavy atom. The Balaban J connectivity index is 2.03. The van der Waals surface area contributed by atoms with Crippen molar-refractivity contribution in [2.75, 3.05) is 0 Å². The molecule has 23 heavy (non-hydrogen) atoms. The number of aromatic nitrogens is 1. The summed E-state index contributed by atoms with van der Waals surface area (Å²) in [6, 6.07) is 4.48. The molecule has 0 spiro atoms. The third kappa shape index (κ3) is 1.77. The lowest BCUT2D eigenvalue weighted by molar-refractivity contribution is 0.0967. The van der Waals surface area contributed by atoms with Gasteiger partial charge in [0.15, 0.2) is 5.78 Å². The van der Waals surface area contributed by atoms with Crippen LogP contribution in [0.25, 0.3) is 0 Å².